The molecule has 0 bridgehead atoms. The van der Waals surface area contributed by atoms with E-state index >= 15 is 0 Å². The van der Waals surface area contributed by atoms with Gasteiger partial charge in [-0.2, -0.15) is 0 Å². The number of nitrogens with zero attached hydrogens (tertiary/aromatic N) is 3. The minimum Gasteiger partial charge on any atom is -0.496 e. The van der Waals surface area contributed by atoms with Crippen LogP contribution in [0, 0.1) is 0 Å². The largest absolute Gasteiger partial charge is 0.496 e. The molecule has 0 saturated heterocycles. The third-order valence-corrected chi connectivity index (χ3v) is 8.42. The van der Waals surface area contributed by atoms with Crippen LogP contribution >= 0.6 is 27.3 Å². The third-order valence-electron chi connectivity index (χ3n) is 6.82. The number of allylic oxidation sites excluding steroid dienone is 2. The molecule has 0 fully saturated rings. The molecule has 40 heavy (non-hydrogen) atoms. The first-order chi connectivity index (χ1) is 19.4. The Balaban J connectivity index is 1.78. The van der Waals surface area contributed by atoms with Crippen molar-refractivity contribution >= 4 is 50.2 Å². The quantitative estimate of drug-likeness (QED) is 0.183. The summed E-state index contributed by atoms with van der Waals surface area (Å²) in [5, 5.41) is 1.05. The Bertz CT molecular complexity index is 1830. The number of hydrogen-bond donors (Lipinski definition) is 0. The van der Waals surface area contributed by atoms with Crippen LogP contribution in [0.4, 0.5) is 0 Å². The summed E-state index contributed by atoms with van der Waals surface area (Å²) in [7, 11) is 1.60. The van der Waals surface area contributed by atoms with Crippen LogP contribution in [0.5, 0.6) is 5.75 Å². The molecular formula is C31H30BrN3O4S. The van der Waals surface area contributed by atoms with Gasteiger partial charge in [0.05, 0.1) is 40.0 Å². The Morgan fingerprint density at radius 2 is 2.02 bits per heavy atom. The highest BCUT2D eigenvalue weighted by Crippen LogP contribution is 2.36. The number of benzene rings is 2. The molecule has 2 aromatic heterocycles. The maximum atomic E-state index is 14.1. The molecule has 0 aliphatic carbocycles. The van der Waals surface area contributed by atoms with E-state index in [4.69, 9.17) is 14.5 Å². The van der Waals surface area contributed by atoms with Crippen molar-refractivity contribution in [3.63, 3.8) is 0 Å². The first-order valence-corrected chi connectivity index (χ1v) is 14.8. The summed E-state index contributed by atoms with van der Waals surface area (Å²) in [6, 6.07) is 13.0. The van der Waals surface area contributed by atoms with Crippen molar-refractivity contribution in [1.29, 1.82) is 0 Å². The molecule has 206 valence electrons. The molecule has 1 unspecified atom stereocenters. The molecule has 1 atom stereocenters. The van der Waals surface area contributed by atoms with E-state index < -0.39 is 12.0 Å². The molecule has 9 heteroatoms. The standard InChI is InChI=1S/C31H30BrN3O4S/c1-5-10-23-27(30(37)39-7-3)28(19-13-14-25(38-4)22(32)16-19)35-29(36)26(40-31(35)33-23)17-20-18-34(15-6-2)24-12-9-8-11-21(20)24/h6,8-9,11-14,16-18,28H,2,5,7,10,15H2,1,3-4H3/b26-17+. The predicted octanol–water partition coefficient (Wildman–Crippen LogP) is 5.49. The number of ether oxygens (including phenoxy) is 2. The number of carbonyl (C=O) groups excluding carboxylic acids is 1. The van der Waals surface area contributed by atoms with E-state index in [1.807, 2.05) is 61.7 Å². The molecule has 1 aliphatic heterocycles. The summed E-state index contributed by atoms with van der Waals surface area (Å²) in [6.07, 6.45) is 7.18. The fraction of sp³-hybridized carbons (Fsp3) is 0.258. The van der Waals surface area contributed by atoms with E-state index in [2.05, 4.69) is 33.1 Å². The van der Waals surface area contributed by atoms with E-state index in [0.29, 0.717) is 39.3 Å². The zero-order valence-electron chi connectivity index (χ0n) is 22.6. The lowest BCUT2D eigenvalue weighted by atomic mass is 9.94. The summed E-state index contributed by atoms with van der Waals surface area (Å²) < 4.78 is 15.9. The van der Waals surface area contributed by atoms with Crippen LogP contribution in [0.15, 0.2) is 86.8 Å². The molecule has 1 aliphatic rings. The average Bonchev–Trinajstić information content (AvgIpc) is 3.45. The lowest BCUT2D eigenvalue weighted by molar-refractivity contribution is -0.139. The number of fused-ring (bicyclic) bond motifs is 2. The molecule has 0 N–H and O–H groups in total. The molecule has 0 amide bonds. The molecule has 7 nitrogen and oxygen atoms in total. The van der Waals surface area contributed by atoms with E-state index in [9.17, 15) is 9.59 Å². The molecule has 0 radical (unpaired) electrons. The number of esters is 1. The lowest BCUT2D eigenvalue weighted by Crippen LogP contribution is -2.40. The fourth-order valence-corrected chi connectivity index (χ4v) is 6.68. The van der Waals surface area contributed by atoms with Gasteiger partial charge < -0.3 is 14.0 Å². The highest BCUT2D eigenvalue weighted by Gasteiger charge is 2.34. The summed E-state index contributed by atoms with van der Waals surface area (Å²) in [5.74, 6) is 0.191. The average molecular weight is 621 g/mol. The van der Waals surface area contributed by atoms with Gasteiger partial charge in [0.25, 0.3) is 5.56 Å². The molecule has 4 aromatic rings. The van der Waals surface area contributed by atoms with Crippen LogP contribution in [0.25, 0.3) is 17.0 Å². The second-order valence-electron chi connectivity index (χ2n) is 9.35. The number of carbonyl (C=O) groups is 1. The predicted molar refractivity (Wildman–Crippen MR) is 162 cm³/mol. The molecule has 0 saturated carbocycles. The second-order valence-corrected chi connectivity index (χ2v) is 11.2. The van der Waals surface area contributed by atoms with Crippen LogP contribution in [0.2, 0.25) is 0 Å². The van der Waals surface area contributed by atoms with Gasteiger partial charge in [-0.3, -0.25) is 9.36 Å². The van der Waals surface area contributed by atoms with Crippen LogP contribution in [0.3, 0.4) is 0 Å². The summed E-state index contributed by atoms with van der Waals surface area (Å²) in [5.41, 5.74) is 3.59. The number of methoxy groups -OCH3 is 1. The Labute approximate surface area is 244 Å². The van der Waals surface area contributed by atoms with Crippen LogP contribution in [-0.2, 0) is 16.1 Å². The van der Waals surface area contributed by atoms with E-state index in [1.165, 1.54) is 11.3 Å². The summed E-state index contributed by atoms with van der Waals surface area (Å²) >= 11 is 4.90. The smallest absolute Gasteiger partial charge is 0.338 e. The van der Waals surface area contributed by atoms with E-state index in [1.54, 1.807) is 18.6 Å². The number of para-hydroxylation sites is 1. The highest BCUT2D eigenvalue weighted by atomic mass is 79.9. The Kier molecular flexibility index (Phi) is 8.23. The van der Waals surface area contributed by atoms with Crippen LogP contribution in [-0.4, -0.2) is 28.8 Å². The normalized spacial score (nSPS) is 15.2. The van der Waals surface area contributed by atoms with Gasteiger partial charge in [0.1, 0.15) is 5.75 Å². The molecule has 0 spiro atoms. The van der Waals surface area contributed by atoms with E-state index in [0.717, 1.165) is 32.9 Å². The summed E-state index contributed by atoms with van der Waals surface area (Å²) in [6.45, 7) is 8.57. The fourth-order valence-electron chi connectivity index (χ4n) is 5.11. The number of rotatable bonds is 9. The van der Waals surface area contributed by atoms with Gasteiger partial charge in [0.2, 0.25) is 0 Å². The SMILES string of the molecule is C=CCn1cc(/C=c2/sc3n(c2=O)C(c2ccc(OC)c(Br)c2)C(C(=O)OCC)=C(CCC)N=3)c2ccccc21. The number of halogens is 1. The lowest BCUT2D eigenvalue weighted by Gasteiger charge is -2.26. The number of hydrogen-bond acceptors (Lipinski definition) is 6. The monoisotopic (exact) mass is 619 g/mol. The van der Waals surface area contributed by atoms with Gasteiger partial charge in [-0.15, -0.1) is 6.58 Å². The number of thiazole rings is 1. The topological polar surface area (TPSA) is 74.8 Å². The van der Waals surface area contributed by atoms with E-state index in [-0.39, 0.29) is 12.2 Å². The Hall–Kier alpha value is -3.69. The van der Waals surface area contributed by atoms with Crippen LogP contribution in [0.1, 0.15) is 43.9 Å². The van der Waals surface area contributed by atoms with Crippen molar-refractivity contribution in [3.8, 4) is 5.75 Å². The second kappa shape index (κ2) is 11.8. The van der Waals surface area contributed by atoms with Gasteiger partial charge >= 0.3 is 5.97 Å². The zero-order chi connectivity index (χ0) is 28.4. The van der Waals surface area contributed by atoms with Gasteiger partial charge in [0.15, 0.2) is 4.80 Å². The van der Waals surface area contributed by atoms with Gasteiger partial charge in [0, 0.05) is 29.2 Å². The molecular weight excluding hydrogens is 590 g/mol. The Morgan fingerprint density at radius 1 is 1.23 bits per heavy atom. The van der Waals surface area contributed by atoms with Gasteiger partial charge in [-0.05, 0) is 59.1 Å². The van der Waals surface area contributed by atoms with Crippen molar-refractivity contribution in [3.05, 3.63) is 108 Å². The maximum absolute atomic E-state index is 14.1. The first kappa shape index (κ1) is 27.9. The molecule has 2 aromatic carbocycles. The third kappa shape index (κ3) is 4.99. The number of aromatic nitrogens is 2. The van der Waals surface area contributed by atoms with Crippen molar-refractivity contribution in [1.82, 2.24) is 9.13 Å². The highest BCUT2D eigenvalue weighted by molar-refractivity contribution is 9.10. The molecule has 3 heterocycles. The minimum absolute atomic E-state index is 0.210. The zero-order valence-corrected chi connectivity index (χ0v) is 25.0. The minimum atomic E-state index is -0.691. The summed E-state index contributed by atoms with van der Waals surface area (Å²) in [4.78, 5) is 32.9. The van der Waals surface area contributed by atoms with Gasteiger partial charge in [-0.1, -0.05) is 55.0 Å². The van der Waals surface area contributed by atoms with Crippen LogP contribution < -0.4 is 19.6 Å². The Morgan fingerprint density at radius 3 is 2.73 bits per heavy atom. The van der Waals surface area contributed by atoms with Crippen molar-refractivity contribution in [2.75, 3.05) is 13.7 Å². The van der Waals surface area contributed by atoms with Crippen molar-refractivity contribution < 1.29 is 14.3 Å². The van der Waals surface area contributed by atoms with Gasteiger partial charge in [-0.25, -0.2) is 9.79 Å². The van der Waals surface area contributed by atoms with Crippen molar-refractivity contribution in [2.45, 2.75) is 39.3 Å². The van der Waals surface area contributed by atoms with Crippen molar-refractivity contribution in [2.24, 2.45) is 4.99 Å². The maximum Gasteiger partial charge on any atom is 0.338 e. The molecule has 5 rings (SSSR count). The first-order valence-electron chi connectivity index (χ1n) is 13.2.